The van der Waals surface area contributed by atoms with Crippen LogP contribution >= 0.6 is 0 Å². The lowest BCUT2D eigenvalue weighted by molar-refractivity contribution is 0.411. The van der Waals surface area contributed by atoms with Gasteiger partial charge in [0.25, 0.3) is 0 Å². The first-order valence-electron chi connectivity index (χ1n) is 5.84. The minimum absolute atomic E-state index is 0.0398. The molecule has 1 N–H and O–H groups in total. The fourth-order valence-corrected chi connectivity index (χ4v) is 1.96. The molecule has 0 saturated carbocycles. The molecular formula is C15H9FN2O2. The number of pyridine rings is 1. The van der Waals surface area contributed by atoms with Crippen LogP contribution in [0.25, 0.3) is 5.52 Å². The topological polar surface area (TPSA) is 57.7 Å². The highest BCUT2D eigenvalue weighted by molar-refractivity contribution is 5.65. The third-order valence-electron chi connectivity index (χ3n) is 2.85. The molecular weight excluding hydrogens is 259 g/mol. The second kappa shape index (κ2) is 4.59. The Hall–Kier alpha value is -3.00. The molecule has 1 aromatic carbocycles. The fourth-order valence-electron chi connectivity index (χ4n) is 1.96. The first-order valence-corrected chi connectivity index (χ1v) is 5.84. The Morgan fingerprint density at radius 2 is 1.95 bits per heavy atom. The van der Waals surface area contributed by atoms with Crippen molar-refractivity contribution < 1.29 is 14.2 Å². The minimum atomic E-state index is -0.497. The van der Waals surface area contributed by atoms with Crippen LogP contribution in [0.2, 0.25) is 0 Å². The second-order valence-corrected chi connectivity index (χ2v) is 4.23. The van der Waals surface area contributed by atoms with E-state index < -0.39 is 5.82 Å². The van der Waals surface area contributed by atoms with Crippen LogP contribution < -0.4 is 4.74 Å². The average Bonchev–Trinajstić information content (AvgIpc) is 2.84. The number of hydrogen-bond donors (Lipinski definition) is 1. The van der Waals surface area contributed by atoms with Gasteiger partial charge in [0.15, 0.2) is 17.2 Å². The molecule has 0 bridgehead atoms. The van der Waals surface area contributed by atoms with Gasteiger partial charge in [-0.1, -0.05) is 12.1 Å². The molecule has 4 nitrogen and oxygen atoms in total. The van der Waals surface area contributed by atoms with Crippen molar-refractivity contribution >= 4 is 5.52 Å². The molecule has 0 atom stereocenters. The Morgan fingerprint density at radius 1 is 1.15 bits per heavy atom. The van der Waals surface area contributed by atoms with Crippen LogP contribution in [0.5, 0.6) is 17.2 Å². The van der Waals surface area contributed by atoms with Crippen molar-refractivity contribution in [1.82, 2.24) is 4.40 Å². The predicted molar refractivity (Wildman–Crippen MR) is 70.3 cm³/mol. The van der Waals surface area contributed by atoms with E-state index in [0.29, 0.717) is 11.1 Å². The van der Waals surface area contributed by atoms with E-state index in [4.69, 9.17) is 10.00 Å². The number of fused-ring (bicyclic) bond motifs is 1. The molecule has 0 fully saturated rings. The van der Waals surface area contributed by atoms with Gasteiger partial charge in [0.05, 0.1) is 11.1 Å². The number of nitriles is 1. The Morgan fingerprint density at radius 3 is 2.70 bits per heavy atom. The zero-order valence-corrected chi connectivity index (χ0v) is 10.2. The maximum Gasteiger partial charge on any atom is 0.169 e. The lowest BCUT2D eigenvalue weighted by Gasteiger charge is -2.09. The number of benzene rings is 1. The number of rotatable bonds is 2. The summed E-state index contributed by atoms with van der Waals surface area (Å²) in [6, 6.07) is 11.2. The summed E-state index contributed by atoms with van der Waals surface area (Å²) in [6.45, 7) is 0. The highest BCUT2D eigenvalue weighted by Crippen LogP contribution is 2.33. The fraction of sp³-hybridized carbons (Fsp3) is 0. The SMILES string of the molecule is N#Cc1cc2c(Oc3ccccc3O)cc(F)cn2c1. The van der Waals surface area contributed by atoms with Gasteiger partial charge in [-0.15, -0.1) is 0 Å². The van der Waals surface area contributed by atoms with Crippen LogP contribution in [-0.2, 0) is 0 Å². The molecule has 0 amide bonds. The zero-order valence-electron chi connectivity index (χ0n) is 10.2. The third kappa shape index (κ3) is 2.04. The number of aromatic nitrogens is 1. The van der Waals surface area contributed by atoms with E-state index >= 15 is 0 Å². The van der Waals surface area contributed by atoms with Crippen molar-refractivity contribution in [3.8, 4) is 23.3 Å². The normalized spacial score (nSPS) is 10.4. The van der Waals surface area contributed by atoms with Crippen LogP contribution in [0.4, 0.5) is 4.39 Å². The van der Waals surface area contributed by atoms with Gasteiger partial charge < -0.3 is 14.2 Å². The third-order valence-corrected chi connectivity index (χ3v) is 2.85. The molecule has 2 heterocycles. The van der Waals surface area contributed by atoms with Gasteiger partial charge in [0, 0.05) is 18.5 Å². The quantitative estimate of drug-likeness (QED) is 0.774. The largest absolute Gasteiger partial charge is 0.504 e. The highest BCUT2D eigenvalue weighted by Gasteiger charge is 2.11. The van der Waals surface area contributed by atoms with Crippen molar-refractivity contribution in [3.05, 3.63) is 60.2 Å². The monoisotopic (exact) mass is 268 g/mol. The highest BCUT2D eigenvalue weighted by atomic mass is 19.1. The zero-order chi connectivity index (χ0) is 14.1. The number of phenols is 1. The van der Waals surface area contributed by atoms with Crippen molar-refractivity contribution in [1.29, 1.82) is 5.26 Å². The number of aromatic hydroxyl groups is 1. The van der Waals surface area contributed by atoms with Gasteiger partial charge in [0.2, 0.25) is 0 Å². The molecule has 0 aliphatic heterocycles. The van der Waals surface area contributed by atoms with Crippen molar-refractivity contribution in [2.24, 2.45) is 0 Å². The maximum atomic E-state index is 13.6. The maximum absolute atomic E-state index is 13.6. The summed E-state index contributed by atoms with van der Waals surface area (Å²) in [4.78, 5) is 0. The van der Waals surface area contributed by atoms with Crippen molar-refractivity contribution in [2.75, 3.05) is 0 Å². The summed E-state index contributed by atoms with van der Waals surface area (Å²) >= 11 is 0. The number of nitrogens with zero attached hydrogens (tertiary/aromatic N) is 2. The van der Waals surface area contributed by atoms with Crippen molar-refractivity contribution in [2.45, 2.75) is 0 Å². The summed E-state index contributed by atoms with van der Waals surface area (Å²) < 4.78 is 20.6. The van der Waals surface area contributed by atoms with Crippen LogP contribution in [0, 0.1) is 17.1 Å². The number of hydrogen-bond acceptors (Lipinski definition) is 3. The molecule has 3 aromatic rings. The first kappa shape index (κ1) is 12.1. The summed E-state index contributed by atoms with van der Waals surface area (Å²) in [5.41, 5.74) is 0.948. The van der Waals surface area contributed by atoms with Crippen LogP contribution in [0.15, 0.2) is 48.8 Å². The molecule has 0 aliphatic carbocycles. The van der Waals surface area contributed by atoms with Gasteiger partial charge in [0.1, 0.15) is 11.9 Å². The molecule has 20 heavy (non-hydrogen) atoms. The molecule has 2 aromatic heterocycles. The number of ether oxygens (including phenoxy) is 1. The summed E-state index contributed by atoms with van der Waals surface area (Å²) in [5.74, 6) is -0.0855. The van der Waals surface area contributed by atoms with Gasteiger partial charge >= 0.3 is 0 Å². The van der Waals surface area contributed by atoms with E-state index in [-0.39, 0.29) is 17.2 Å². The van der Waals surface area contributed by atoms with E-state index in [1.807, 2.05) is 6.07 Å². The van der Waals surface area contributed by atoms with E-state index in [1.165, 1.54) is 28.9 Å². The van der Waals surface area contributed by atoms with E-state index in [9.17, 15) is 9.50 Å². The van der Waals surface area contributed by atoms with E-state index in [2.05, 4.69) is 0 Å². The average molecular weight is 268 g/mol. The van der Waals surface area contributed by atoms with E-state index in [1.54, 1.807) is 24.3 Å². The summed E-state index contributed by atoms with van der Waals surface area (Å²) in [6.07, 6.45) is 2.77. The lowest BCUT2D eigenvalue weighted by Crippen LogP contribution is -1.91. The van der Waals surface area contributed by atoms with Gasteiger partial charge in [-0.2, -0.15) is 5.26 Å². The Labute approximate surface area is 113 Å². The summed E-state index contributed by atoms with van der Waals surface area (Å²) in [7, 11) is 0. The first-order chi connectivity index (χ1) is 9.67. The lowest BCUT2D eigenvalue weighted by atomic mass is 10.3. The standard InChI is InChI=1S/C15H9FN2O2/c16-11-6-15(20-14-4-2-1-3-13(14)19)12-5-10(7-17)8-18(12)9-11/h1-6,8-9,19H. The van der Waals surface area contributed by atoms with Crippen LogP contribution in [0.1, 0.15) is 5.56 Å². The number of phenolic OH excluding ortho intramolecular Hbond substituents is 1. The Kier molecular flexibility index (Phi) is 2.77. The van der Waals surface area contributed by atoms with E-state index in [0.717, 1.165) is 0 Å². The molecule has 0 aliphatic rings. The smallest absolute Gasteiger partial charge is 0.169 e. The minimum Gasteiger partial charge on any atom is -0.504 e. The van der Waals surface area contributed by atoms with Gasteiger partial charge in [-0.3, -0.25) is 0 Å². The molecule has 3 rings (SSSR count). The molecule has 5 heteroatoms. The second-order valence-electron chi connectivity index (χ2n) is 4.23. The molecule has 0 unspecified atom stereocenters. The Balaban J connectivity index is 2.14. The van der Waals surface area contributed by atoms with Gasteiger partial charge in [-0.25, -0.2) is 4.39 Å². The Bertz CT molecular complexity index is 833. The predicted octanol–water partition coefficient (Wildman–Crippen LogP) is 3.45. The van der Waals surface area contributed by atoms with Crippen molar-refractivity contribution in [3.63, 3.8) is 0 Å². The van der Waals surface area contributed by atoms with Crippen LogP contribution in [-0.4, -0.2) is 9.51 Å². The van der Waals surface area contributed by atoms with Crippen LogP contribution in [0.3, 0.4) is 0 Å². The molecule has 0 radical (unpaired) electrons. The molecule has 98 valence electrons. The number of para-hydroxylation sites is 2. The molecule has 0 saturated heterocycles. The summed E-state index contributed by atoms with van der Waals surface area (Å²) in [5, 5.41) is 18.6. The number of halogens is 1. The molecule has 0 spiro atoms. The van der Waals surface area contributed by atoms with Gasteiger partial charge in [-0.05, 0) is 18.2 Å².